The van der Waals surface area contributed by atoms with Crippen LogP contribution >= 0.6 is 15.9 Å². The van der Waals surface area contributed by atoms with Gasteiger partial charge in [0.05, 0.1) is 4.47 Å². The molecule has 0 aromatic heterocycles. The van der Waals surface area contributed by atoms with Crippen molar-refractivity contribution in [3.63, 3.8) is 0 Å². The second-order valence-corrected chi connectivity index (χ2v) is 4.59. The van der Waals surface area contributed by atoms with Crippen molar-refractivity contribution < 1.29 is 19.1 Å². The van der Waals surface area contributed by atoms with Crippen LogP contribution in [0.1, 0.15) is 12.5 Å². The molecule has 1 atom stereocenters. The van der Waals surface area contributed by atoms with Gasteiger partial charge in [-0.05, 0) is 47.5 Å². The maximum Gasteiger partial charge on any atom is 0.325 e. The molecule has 18 heavy (non-hydrogen) atoms. The monoisotopic (exact) mass is 318 g/mol. The third-order valence-corrected chi connectivity index (χ3v) is 2.84. The number of benzene rings is 1. The minimum absolute atomic E-state index is 0.217. The summed E-state index contributed by atoms with van der Waals surface area (Å²) in [5.74, 6) is -1.57. The Balaban J connectivity index is 2.76. The van der Waals surface area contributed by atoms with Gasteiger partial charge in [-0.25, -0.2) is 9.18 Å². The van der Waals surface area contributed by atoms with Gasteiger partial charge < -0.3 is 15.7 Å². The number of nitrogens with one attached hydrogen (secondary N) is 2. The van der Waals surface area contributed by atoms with Crippen LogP contribution in [0.2, 0.25) is 0 Å². The Morgan fingerprint density at radius 3 is 2.61 bits per heavy atom. The first-order chi connectivity index (χ1) is 8.31. The Morgan fingerprint density at radius 2 is 2.06 bits per heavy atom. The first-order valence-corrected chi connectivity index (χ1v) is 5.86. The second kappa shape index (κ2) is 5.81. The Morgan fingerprint density at radius 1 is 1.44 bits per heavy atom. The Labute approximate surface area is 112 Å². The molecule has 0 radical (unpaired) electrons. The zero-order valence-corrected chi connectivity index (χ0v) is 11.3. The molecule has 0 saturated carbocycles. The minimum atomic E-state index is -1.14. The SMILES string of the molecule is Cc1cc(F)c(Br)cc1NC(=O)N[C@@H](C)C(=O)O. The van der Waals surface area contributed by atoms with Crippen LogP contribution in [0, 0.1) is 12.7 Å². The highest BCUT2D eigenvalue weighted by Crippen LogP contribution is 2.24. The lowest BCUT2D eigenvalue weighted by Gasteiger charge is -2.12. The van der Waals surface area contributed by atoms with E-state index in [0.717, 1.165) is 0 Å². The number of hydrogen-bond donors (Lipinski definition) is 3. The maximum absolute atomic E-state index is 13.2. The van der Waals surface area contributed by atoms with Crippen LogP contribution in [0.3, 0.4) is 0 Å². The van der Waals surface area contributed by atoms with E-state index < -0.39 is 23.9 Å². The van der Waals surface area contributed by atoms with Crippen molar-refractivity contribution >= 4 is 33.6 Å². The summed E-state index contributed by atoms with van der Waals surface area (Å²) in [4.78, 5) is 22.0. The fraction of sp³-hybridized carbons (Fsp3) is 0.273. The molecule has 1 rings (SSSR count). The third kappa shape index (κ3) is 3.69. The quantitative estimate of drug-likeness (QED) is 0.801. The molecule has 1 aromatic rings. The van der Waals surface area contributed by atoms with Gasteiger partial charge in [-0.2, -0.15) is 0 Å². The zero-order valence-electron chi connectivity index (χ0n) is 9.75. The van der Waals surface area contributed by atoms with Gasteiger partial charge in [0.2, 0.25) is 0 Å². The van der Waals surface area contributed by atoms with Crippen molar-refractivity contribution in [3.05, 3.63) is 28.0 Å². The van der Waals surface area contributed by atoms with Crippen molar-refractivity contribution in [2.24, 2.45) is 0 Å². The molecule has 2 amide bonds. The third-order valence-electron chi connectivity index (χ3n) is 2.23. The number of rotatable bonds is 3. The lowest BCUT2D eigenvalue weighted by molar-refractivity contribution is -0.138. The van der Waals surface area contributed by atoms with Gasteiger partial charge >= 0.3 is 12.0 Å². The molecule has 0 bridgehead atoms. The van der Waals surface area contributed by atoms with Gasteiger partial charge in [0.25, 0.3) is 0 Å². The molecule has 0 saturated heterocycles. The van der Waals surface area contributed by atoms with E-state index in [1.54, 1.807) is 6.92 Å². The van der Waals surface area contributed by atoms with Gasteiger partial charge in [-0.15, -0.1) is 0 Å². The number of amides is 2. The van der Waals surface area contributed by atoms with Crippen LogP contribution in [0.25, 0.3) is 0 Å². The molecule has 1 aromatic carbocycles. The number of carboxylic acid groups (broad SMARTS) is 1. The molecule has 5 nitrogen and oxygen atoms in total. The van der Waals surface area contributed by atoms with Crippen molar-refractivity contribution in [2.75, 3.05) is 5.32 Å². The largest absolute Gasteiger partial charge is 0.480 e. The van der Waals surface area contributed by atoms with E-state index in [1.165, 1.54) is 19.1 Å². The van der Waals surface area contributed by atoms with Gasteiger partial charge in [0, 0.05) is 5.69 Å². The fourth-order valence-electron chi connectivity index (χ4n) is 1.20. The molecule has 0 heterocycles. The Bertz CT molecular complexity index is 493. The van der Waals surface area contributed by atoms with Crippen LogP contribution < -0.4 is 10.6 Å². The van der Waals surface area contributed by atoms with E-state index in [2.05, 4.69) is 26.6 Å². The first kappa shape index (κ1) is 14.4. The van der Waals surface area contributed by atoms with E-state index in [0.29, 0.717) is 11.3 Å². The highest BCUT2D eigenvalue weighted by Gasteiger charge is 2.15. The van der Waals surface area contributed by atoms with E-state index >= 15 is 0 Å². The maximum atomic E-state index is 13.2. The van der Waals surface area contributed by atoms with Gasteiger partial charge in [0.1, 0.15) is 11.9 Å². The number of halogens is 2. The molecule has 7 heteroatoms. The van der Waals surface area contributed by atoms with Crippen LogP contribution in [-0.2, 0) is 4.79 Å². The molecule has 98 valence electrons. The number of anilines is 1. The molecule has 0 aliphatic carbocycles. The number of urea groups is 1. The molecule has 0 unspecified atom stereocenters. The Hall–Kier alpha value is -1.63. The number of carbonyl (C=O) groups excluding carboxylic acids is 1. The number of hydrogen-bond acceptors (Lipinski definition) is 2. The van der Waals surface area contributed by atoms with Crippen LogP contribution in [0.5, 0.6) is 0 Å². The fourth-order valence-corrected chi connectivity index (χ4v) is 1.54. The summed E-state index contributed by atoms with van der Waals surface area (Å²) in [5.41, 5.74) is 0.937. The van der Waals surface area contributed by atoms with Crippen molar-refractivity contribution in [3.8, 4) is 0 Å². The predicted octanol–water partition coefficient (Wildman–Crippen LogP) is 2.49. The number of aliphatic carboxylic acids is 1. The van der Waals surface area contributed by atoms with Gasteiger partial charge in [-0.1, -0.05) is 0 Å². The average molecular weight is 319 g/mol. The minimum Gasteiger partial charge on any atom is -0.480 e. The molecule has 0 spiro atoms. The van der Waals surface area contributed by atoms with E-state index in [9.17, 15) is 14.0 Å². The molecule has 0 aliphatic heterocycles. The topological polar surface area (TPSA) is 78.4 Å². The van der Waals surface area contributed by atoms with Crippen LogP contribution in [-0.4, -0.2) is 23.1 Å². The van der Waals surface area contributed by atoms with Crippen molar-refractivity contribution in [1.82, 2.24) is 5.32 Å². The van der Waals surface area contributed by atoms with Crippen LogP contribution in [0.4, 0.5) is 14.9 Å². The molecule has 3 N–H and O–H groups in total. The first-order valence-electron chi connectivity index (χ1n) is 5.07. The zero-order chi connectivity index (χ0) is 13.9. The molecule has 0 fully saturated rings. The summed E-state index contributed by atoms with van der Waals surface area (Å²) in [7, 11) is 0. The van der Waals surface area contributed by atoms with Crippen molar-refractivity contribution in [1.29, 1.82) is 0 Å². The average Bonchev–Trinajstić information content (AvgIpc) is 2.25. The lowest BCUT2D eigenvalue weighted by atomic mass is 10.2. The Kier molecular flexibility index (Phi) is 4.66. The summed E-state index contributed by atoms with van der Waals surface area (Å²) in [6, 6.07) is 1.01. The molecule has 0 aliphatic rings. The van der Waals surface area contributed by atoms with E-state index in [1.807, 2.05) is 0 Å². The van der Waals surface area contributed by atoms with E-state index in [4.69, 9.17) is 5.11 Å². The second-order valence-electron chi connectivity index (χ2n) is 3.74. The standard InChI is InChI=1S/C11H12BrFN2O3/c1-5-3-8(13)7(12)4-9(5)15-11(18)14-6(2)10(16)17/h3-4,6H,1-2H3,(H,16,17)(H2,14,15,18)/t6-/m0/s1. The van der Waals surface area contributed by atoms with Gasteiger partial charge in [-0.3, -0.25) is 4.79 Å². The molecular formula is C11H12BrFN2O3. The van der Waals surface area contributed by atoms with Gasteiger partial charge in [0.15, 0.2) is 0 Å². The normalized spacial score (nSPS) is 11.8. The summed E-state index contributed by atoms with van der Waals surface area (Å²) in [6.07, 6.45) is 0. The predicted molar refractivity (Wildman–Crippen MR) is 68.1 cm³/mol. The van der Waals surface area contributed by atoms with Crippen molar-refractivity contribution in [2.45, 2.75) is 19.9 Å². The summed E-state index contributed by atoms with van der Waals surface area (Å²) in [6.45, 7) is 2.97. The number of carboxylic acids is 1. The highest BCUT2D eigenvalue weighted by atomic mass is 79.9. The highest BCUT2D eigenvalue weighted by molar-refractivity contribution is 9.10. The lowest BCUT2D eigenvalue weighted by Crippen LogP contribution is -2.40. The molecular weight excluding hydrogens is 307 g/mol. The van der Waals surface area contributed by atoms with E-state index in [-0.39, 0.29) is 4.47 Å². The summed E-state index contributed by atoms with van der Waals surface area (Å²) in [5, 5.41) is 13.3. The number of carbonyl (C=O) groups is 2. The smallest absolute Gasteiger partial charge is 0.325 e. The summed E-state index contributed by atoms with van der Waals surface area (Å²) >= 11 is 3.00. The summed E-state index contributed by atoms with van der Waals surface area (Å²) < 4.78 is 13.4. The van der Waals surface area contributed by atoms with Crippen LogP contribution in [0.15, 0.2) is 16.6 Å². The number of aryl methyl sites for hydroxylation is 1.